The molecule has 1 saturated heterocycles. The highest BCUT2D eigenvalue weighted by Crippen LogP contribution is 2.30. The number of aromatic nitrogens is 2. The maximum absolute atomic E-state index is 5.87. The molecule has 0 saturated carbocycles. The van der Waals surface area contributed by atoms with Crippen LogP contribution in [0.4, 0.5) is 5.00 Å². The summed E-state index contributed by atoms with van der Waals surface area (Å²) in [7, 11) is 0. The molecule has 108 valence electrons. The quantitative estimate of drug-likeness (QED) is 0.934. The van der Waals surface area contributed by atoms with Crippen LogP contribution in [0, 0.1) is 0 Å². The standard InChI is InChI=1S/C13H18N4O2S/c1-8(2)17-4-5-18-10(7-17)12-15-13(19-16-12)9-3-6-20-11(9)14/h3,6,8,10H,4-5,7,14H2,1-2H3. The molecule has 0 radical (unpaired) electrons. The summed E-state index contributed by atoms with van der Waals surface area (Å²) < 4.78 is 11.1. The summed E-state index contributed by atoms with van der Waals surface area (Å²) in [5.74, 6) is 1.06. The number of nitrogens with two attached hydrogens (primary N) is 1. The van der Waals surface area contributed by atoms with E-state index in [-0.39, 0.29) is 6.10 Å². The normalized spacial score (nSPS) is 20.6. The molecular formula is C13H18N4O2S. The Morgan fingerprint density at radius 3 is 3.05 bits per heavy atom. The molecule has 3 rings (SSSR count). The highest BCUT2D eigenvalue weighted by molar-refractivity contribution is 7.14. The van der Waals surface area contributed by atoms with Gasteiger partial charge in [-0.15, -0.1) is 11.3 Å². The van der Waals surface area contributed by atoms with Crippen molar-refractivity contribution in [3.8, 4) is 11.5 Å². The number of hydrogen-bond donors (Lipinski definition) is 1. The molecule has 1 fully saturated rings. The number of anilines is 1. The van der Waals surface area contributed by atoms with Gasteiger partial charge < -0.3 is 15.0 Å². The van der Waals surface area contributed by atoms with Crippen LogP contribution in [0.1, 0.15) is 25.8 Å². The average Bonchev–Trinajstić information content (AvgIpc) is 3.07. The third-order valence-corrected chi connectivity index (χ3v) is 4.23. The second kappa shape index (κ2) is 5.51. The van der Waals surface area contributed by atoms with Crippen LogP contribution in [0.15, 0.2) is 16.0 Å². The summed E-state index contributed by atoms with van der Waals surface area (Å²) in [5.41, 5.74) is 6.67. The molecule has 0 bridgehead atoms. The van der Waals surface area contributed by atoms with Gasteiger partial charge in [0.1, 0.15) is 6.10 Å². The Kier molecular flexibility index (Phi) is 3.73. The van der Waals surface area contributed by atoms with Crippen LogP contribution in [0.5, 0.6) is 0 Å². The molecule has 6 nitrogen and oxygen atoms in total. The van der Waals surface area contributed by atoms with Crippen molar-refractivity contribution in [1.82, 2.24) is 15.0 Å². The molecule has 20 heavy (non-hydrogen) atoms. The highest BCUT2D eigenvalue weighted by Gasteiger charge is 2.27. The third-order valence-electron chi connectivity index (χ3n) is 3.48. The number of rotatable bonds is 3. The predicted octanol–water partition coefficient (Wildman–Crippen LogP) is 2.16. The van der Waals surface area contributed by atoms with Gasteiger partial charge in [-0.3, -0.25) is 4.90 Å². The van der Waals surface area contributed by atoms with Crippen molar-refractivity contribution in [1.29, 1.82) is 0 Å². The molecule has 0 aliphatic carbocycles. The van der Waals surface area contributed by atoms with Gasteiger partial charge in [0.25, 0.3) is 5.89 Å². The molecule has 1 aliphatic heterocycles. The van der Waals surface area contributed by atoms with Gasteiger partial charge in [-0.1, -0.05) is 5.16 Å². The van der Waals surface area contributed by atoms with Crippen LogP contribution in [0.2, 0.25) is 0 Å². The molecule has 2 aromatic heterocycles. The first-order chi connectivity index (χ1) is 9.65. The van der Waals surface area contributed by atoms with Crippen molar-refractivity contribution >= 4 is 16.3 Å². The smallest absolute Gasteiger partial charge is 0.261 e. The van der Waals surface area contributed by atoms with E-state index < -0.39 is 0 Å². The fraction of sp³-hybridized carbons (Fsp3) is 0.538. The maximum atomic E-state index is 5.87. The molecule has 0 aromatic carbocycles. The minimum absolute atomic E-state index is 0.136. The molecule has 1 unspecified atom stereocenters. The van der Waals surface area contributed by atoms with Gasteiger partial charge in [-0.2, -0.15) is 4.98 Å². The van der Waals surface area contributed by atoms with Gasteiger partial charge in [0.15, 0.2) is 0 Å². The van der Waals surface area contributed by atoms with E-state index in [1.54, 1.807) is 0 Å². The third kappa shape index (κ3) is 2.56. The Hall–Kier alpha value is -1.44. The summed E-state index contributed by atoms with van der Waals surface area (Å²) in [6, 6.07) is 2.37. The van der Waals surface area contributed by atoms with Crippen molar-refractivity contribution in [3.05, 3.63) is 17.3 Å². The van der Waals surface area contributed by atoms with Gasteiger partial charge >= 0.3 is 0 Å². The lowest BCUT2D eigenvalue weighted by molar-refractivity contribution is -0.0450. The molecule has 3 heterocycles. The Morgan fingerprint density at radius 1 is 1.50 bits per heavy atom. The number of nitrogens with zero attached hydrogens (tertiary/aromatic N) is 3. The van der Waals surface area contributed by atoms with E-state index in [9.17, 15) is 0 Å². The number of ether oxygens (including phenoxy) is 1. The molecule has 2 aromatic rings. The number of thiophene rings is 1. The molecule has 1 aliphatic rings. The number of hydrogen-bond acceptors (Lipinski definition) is 7. The van der Waals surface area contributed by atoms with E-state index in [4.69, 9.17) is 15.0 Å². The second-order valence-electron chi connectivity index (χ2n) is 5.10. The van der Waals surface area contributed by atoms with Gasteiger partial charge in [-0.05, 0) is 25.3 Å². The lowest BCUT2D eigenvalue weighted by atomic mass is 10.2. The van der Waals surface area contributed by atoms with Crippen LogP contribution in [-0.2, 0) is 4.74 Å². The van der Waals surface area contributed by atoms with E-state index >= 15 is 0 Å². The molecule has 0 amide bonds. The topological polar surface area (TPSA) is 77.4 Å². The van der Waals surface area contributed by atoms with Crippen LogP contribution < -0.4 is 5.73 Å². The summed E-state index contributed by atoms with van der Waals surface area (Å²) in [6.07, 6.45) is -0.136. The van der Waals surface area contributed by atoms with E-state index in [2.05, 4.69) is 28.9 Å². The Labute approximate surface area is 121 Å². The fourth-order valence-corrected chi connectivity index (χ4v) is 2.90. The molecule has 0 spiro atoms. The van der Waals surface area contributed by atoms with E-state index in [1.807, 2.05) is 11.4 Å². The van der Waals surface area contributed by atoms with Crippen LogP contribution >= 0.6 is 11.3 Å². The Balaban J connectivity index is 1.78. The van der Waals surface area contributed by atoms with E-state index in [0.29, 0.717) is 29.4 Å². The SMILES string of the molecule is CC(C)N1CCOC(c2noc(-c3ccsc3N)n2)C1. The molecular weight excluding hydrogens is 276 g/mol. The zero-order valence-electron chi connectivity index (χ0n) is 11.6. The summed E-state index contributed by atoms with van der Waals surface area (Å²) >= 11 is 1.46. The Morgan fingerprint density at radius 2 is 2.35 bits per heavy atom. The minimum Gasteiger partial charge on any atom is -0.390 e. The highest BCUT2D eigenvalue weighted by atomic mass is 32.1. The van der Waals surface area contributed by atoms with Crippen molar-refractivity contribution in [2.24, 2.45) is 0 Å². The van der Waals surface area contributed by atoms with E-state index in [1.165, 1.54) is 11.3 Å². The first-order valence-electron chi connectivity index (χ1n) is 6.67. The molecule has 7 heteroatoms. The largest absolute Gasteiger partial charge is 0.390 e. The van der Waals surface area contributed by atoms with Crippen molar-refractivity contribution in [2.75, 3.05) is 25.4 Å². The van der Waals surface area contributed by atoms with E-state index in [0.717, 1.165) is 18.7 Å². The number of morpholine rings is 1. The maximum Gasteiger partial charge on any atom is 0.261 e. The zero-order chi connectivity index (χ0) is 14.1. The fourth-order valence-electron chi connectivity index (χ4n) is 2.27. The monoisotopic (exact) mass is 294 g/mol. The summed E-state index contributed by atoms with van der Waals surface area (Å²) in [5, 5.41) is 6.64. The second-order valence-corrected chi connectivity index (χ2v) is 6.05. The Bertz CT molecular complexity index is 580. The van der Waals surface area contributed by atoms with Gasteiger partial charge in [0, 0.05) is 19.1 Å². The summed E-state index contributed by atoms with van der Waals surface area (Å²) in [4.78, 5) is 6.78. The van der Waals surface area contributed by atoms with Crippen molar-refractivity contribution in [2.45, 2.75) is 26.0 Å². The number of nitrogen functional groups attached to an aromatic ring is 1. The zero-order valence-corrected chi connectivity index (χ0v) is 12.4. The van der Waals surface area contributed by atoms with Gasteiger partial charge in [0.05, 0.1) is 17.2 Å². The predicted molar refractivity (Wildman–Crippen MR) is 77.4 cm³/mol. The first-order valence-corrected chi connectivity index (χ1v) is 7.55. The van der Waals surface area contributed by atoms with Crippen LogP contribution in [-0.4, -0.2) is 40.8 Å². The average molecular weight is 294 g/mol. The van der Waals surface area contributed by atoms with Gasteiger partial charge in [0.2, 0.25) is 5.82 Å². The van der Waals surface area contributed by atoms with Crippen molar-refractivity contribution < 1.29 is 9.26 Å². The van der Waals surface area contributed by atoms with Gasteiger partial charge in [-0.25, -0.2) is 0 Å². The molecule has 1 atom stereocenters. The summed E-state index contributed by atoms with van der Waals surface area (Å²) in [6.45, 7) is 6.77. The lowest BCUT2D eigenvalue weighted by Gasteiger charge is -2.34. The van der Waals surface area contributed by atoms with Crippen LogP contribution in [0.25, 0.3) is 11.5 Å². The van der Waals surface area contributed by atoms with Crippen LogP contribution in [0.3, 0.4) is 0 Å². The first kappa shape index (κ1) is 13.5. The molecule has 2 N–H and O–H groups in total. The lowest BCUT2D eigenvalue weighted by Crippen LogP contribution is -2.42. The minimum atomic E-state index is -0.136. The van der Waals surface area contributed by atoms with Crippen molar-refractivity contribution in [3.63, 3.8) is 0 Å².